The third kappa shape index (κ3) is 2.74. The molecule has 0 spiro atoms. The van der Waals surface area contributed by atoms with Gasteiger partial charge in [0.15, 0.2) is 11.5 Å². The van der Waals surface area contributed by atoms with E-state index in [1.54, 1.807) is 0 Å². The molecule has 1 saturated carbocycles. The molecular formula is C14H17NO5. The van der Waals surface area contributed by atoms with E-state index in [4.69, 9.17) is 4.74 Å². The number of nitro benzene ring substituents is 1. The maximum absolute atomic E-state index is 12.4. The van der Waals surface area contributed by atoms with E-state index in [0.29, 0.717) is 0 Å². The Hall–Kier alpha value is -2.11. The summed E-state index contributed by atoms with van der Waals surface area (Å²) in [7, 11) is 1.30. The summed E-state index contributed by atoms with van der Waals surface area (Å²) < 4.78 is 4.91. The van der Waals surface area contributed by atoms with Gasteiger partial charge in [0.25, 0.3) is 0 Å². The summed E-state index contributed by atoms with van der Waals surface area (Å²) in [6, 6.07) is 2.51. The van der Waals surface area contributed by atoms with Crippen LogP contribution in [-0.2, 0) is 0 Å². The number of ketones is 1. The van der Waals surface area contributed by atoms with E-state index in [1.165, 1.54) is 13.2 Å². The summed E-state index contributed by atoms with van der Waals surface area (Å²) in [6.45, 7) is 0. The van der Waals surface area contributed by atoms with Gasteiger partial charge in [-0.1, -0.05) is 19.3 Å². The summed E-state index contributed by atoms with van der Waals surface area (Å²) in [5, 5.41) is 20.6. The zero-order valence-electron chi connectivity index (χ0n) is 11.3. The maximum atomic E-state index is 12.4. The number of phenolic OH excluding ortho intramolecular Hbond substituents is 1. The number of rotatable bonds is 4. The van der Waals surface area contributed by atoms with Crippen molar-refractivity contribution in [2.24, 2.45) is 5.92 Å². The van der Waals surface area contributed by atoms with Crippen molar-refractivity contribution >= 4 is 11.5 Å². The Morgan fingerprint density at radius 1 is 1.35 bits per heavy atom. The molecule has 1 aromatic carbocycles. The van der Waals surface area contributed by atoms with E-state index in [-0.39, 0.29) is 23.0 Å². The van der Waals surface area contributed by atoms with Gasteiger partial charge in [-0.05, 0) is 18.9 Å². The molecule has 2 rings (SSSR count). The average Bonchev–Trinajstić information content (AvgIpc) is 2.47. The number of carbonyl (C=O) groups excluding carboxylic acids is 1. The van der Waals surface area contributed by atoms with Gasteiger partial charge in [0.1, 0.15) is 0 Å². The van der Waals surface area contributed by atoms with Crippen molar-refractivity contribution in [3.8, 4) is 11.5 Å². The Morgan fingerprint density at radius 2 is 2.00 bits per heavy atom. The number of hydrogen-bond donors (Lipinski definition) is 1. The minimum Gasteiger partial charge on any atom is -0.500 e. The smallest absolute Gasteiger partial charge is 0.315 e. The lowest BCUT2D eigenvalue weighted by molar-refractivity contribution is -0.386. The molecule has 6 nitrogen and oxygen atoms in total. The number of Topliss-reactive ketones (excluding diaryl/α,β-unsaturated/α-hetero) is 1. The molecule has 0 amide bonds. The molecule has 0 atom stereocenters. The van der Waals surface area contributed by atoms with E-state index in [0.717, 1.165) is 38.2 Å². The zero-order valence-corrected chi connectivity index (χ0v) is 11.3. The van der Waals surface area contributed by atoms with Gasteiger partial charge >= 0.3 is 5.69 Å². The van der Waals surface area contributed by atoms with Crippen molar-refractivity contribution in [1.29, 1.82) is 0 Å². The molecule has 0 bridgehead atoms. The molecule has 1 aromatic rings. The predicted octanol–water partition coefficient (Wildman–Crippen LogP) is 3.07. The Morgan fingerprint density at radius 3 is 2.55 bits per heavy atom. The van der Waals surface area contributed by atoms with Crippen LogP contribution in [0, 0.1) is 16.0 Å². The number of benzene rings is 1. The average molecular weight is 279 g/mol. The second kappa shape index (κ2) is 5.90. The fourth-order valence-electron chi connectivity index (χ4n) is 2.63. The summed E-state index contributed by atoms with van der Waals surface area (Å²) in [4.78, 5) is 22.6. The third-order valence-corrected chi connectivity index (χ3v) is 3.73. The highest BCUT2D eigenvalue weighted by atomic mass is 16.6. The van der Waals surface area contributed by atoms with Crippen molar-refractivity contribution in [3.05, 3.63) is 27.8 Å². The number of ether oxygens (including phenoxy) is 1. The molecule has 0 aromatic heterocycles. The number of carbonyl (C=O) groups is 1. The van der Waals surface area contributed by atoms with Crippen LogP contribution in [-0.4, -0.2) is 22.9 Å². The molecule has 6 heteroatoms. The first kappa shape index (κ1) is 14.3. The van der Waals surface area contributed by atoms with Crippen LogP contribution in [0.4, 0.5) is 5.69 Å². The molecule has 0 aliphatic heterocycles. The summed E-state index contributed by atoms with van der Waals surface area (Å²) in [6.07, 6.45) is 4.77. The zero-order chi connectivity index (χ0) is 14.7. The SMILES string of the molecule is COc1cc(C(=O)C2CCCCC2)cc([N+](=O)[O-])c1O. The third-order valence-electron chi connectivity index (χ3n) is 3.73. The van der Waals surface area contributed by atoms with Gasteiger partial charge in [0.05, 0.1) is 12.0 Å². The van der Waals surface area contributed by atoms with Gasteiger partial charge in [-0.2, -0.15) is 0 Å². The summed E-state index contributed by atoms with van der Waals surface area (Å²) >= 11 is 0. The van der Waals surface area contributed by atoms with Crippen LogP contribution in [0.3, 0.4) is 0 Å². The molecule has 1 fully saturated rings. The monoisotopic (exact) mass is 279 g/mol. The van der Waals surface area contributed by atoms with Crippen LogP contribution in [0.5, 0.6) is 11.5 Å². The van der Waals surface area contributed by atoms with Crippen LogP contribution in [0.15, 0.2) is 12.1 Å². The first-order chi connectivity index (χ1) is 9.54. The van der Waals surface area contributed by atoms with Crippen molar-refractivity contribution < 1.29 is 19.6 Å². The van der Waals surface area contributed by atoms with Crippen LogP contribution in [0.25, 0.3) is 0 Å². The van der Waals surface area contributed by atoms with E-state index >= 15 is 0 Å². The van der Waals surface area contributed by atoms with Crippen molar-refractivity contribution in [2.75, 3.05) is 7.11 Å². The fourth-order valence-corrected chi connectivity index (χ4v) is 2.63. The number of aromatic hydroxyl groups is 1. The molecule has 20 heavy (non-hydrogen) atoms. The highest BCUT2D eigenvalue weighted by molar-refractivity contribution is 5.99. The maximum Gasteiger partial charge on any atom is 0.315 e. The highest BCUT2D eigenvalue weighted by Gasteiger charge is 2.27. The lowest BCUT2D eigenvalue weighted by Crippen LogP contribution is -2.18. The lowest BCUT2D eigenvalue weighted by Gasteiger charge is -2.20. The van der Waals surface area contributed by atoms with Gasteiger partial charge in [-0.3, -0.25) is 14.9 Å². The van der Waals surface area contributed by atoms with E-state index < -0.39 is 16.4 Å². The molecule has 1 aliphatic carbocycles. The standard InChI is InChI=1S/C14H17NO5/c1-20-12-8-10(7-11(14(12)17)15(18)19)13(16)9-5-3-2-4-6-9/h7-9,17H,2-6H2,1H3. The van der Waals surface area contributed by atoms with Crippen molar-refractivity contribution in [3.63, 3.8) is 0 Å². The lowest BCUT2D eigenvalue weighted by atomic mass is 9.84. The van der Waals surface area contributed by atoms with Crippen LogP contribution in [0.2, 0.25) is 0 Å². The topological polar surface area (TPSA) is 89.7 Å². The minimum absolute atomic E-state index is 0.0432. The number of nitro groups is 1. The Labute approximate surface area is 116 Å². The second-order valence-corrected chi connectivity index (χ2v) is 5.00. The van der Waals surface area contributed by atoms with Gasteiger partial charge in [0, 0.05) is 17.5 Å². The molecule has 1 aliphatic rings. The number of nitrogens with zero attached hydrogens (tertiary/aromatic N) is 1. The van der Waals surface area contributed by atoms with E-state index in [9.17, 15) is 20.0 Å². The second-order valence-electron chi connectivity index (χ2n) is 5.00. The molecule has 108 valence electrons. The van der Waals surface area contributed by atoms with Gasteiger partial charge in [-0.25, -0.2) is 0 Å². The molecular weight excluding hydrogens is 262 g/mol. The van der Waals surface area contributed by atoms with Gasteiger partial charge in [-0.15, -0.1) is 0 Å². The number of methoxy groups -OCH3 is 1. The first-order valence-electron chi connectivity index (χ1n) is 6.64. The van der Waals surface area contributed by atoms with Crippen molar-refractivity contribution in [1.82, 2.24) is 0 Å². The largest absolute Gasteiger partial charge is 0.500 e. The molecule has 0 saturated heterocycles. The molecule has 0 unspecified atom stereocenters. The summed E-state index contributed by atoms with van der Waals surface area (Å²) in [5.41, 5.74) is -0.262. The fraction of sp³-hybridized carbons (Fsp3) is 0.500. The van der Waals surface area contributed by atoms with E-state index in [2.05, 4.69) is 0 Å². The Kier molecular flexibility index (Phi) is 4.22. The van der Waals surface area contributed by atoms with Gasteiger partial charge < -0.3 is 9.84 Å². The Balaban J connectivity index is 2.38. The van der Waals surface area contributed by atoms with E-state index in [1.807, 2.05) is 0 Å². The minimum atomic E-state index is -0.713. The van der Waals surface area contributed by atoms with Gasteiger partial charge in [0.2, 0.25) is 5.75 Å². The van der Waals surface area contributed by atoms with Crippen LogP contribution in [0.1, 0.15) is 42.5 Å². The Bertz CT molecular complexity index is 535. The predicted molar refractivity (Wildman–Crippen MR) is 72.2 cm³/mol. The molecule has 0 heterocycles. The molecule has 1 N–H and O–H groups in total. The van der Waals surface area contributed by atoms with Crippen LogP contribution < -0.4 is 4.74 Å². The first-order valence-corrected chi connectivity index (χ1v) is 6.64. The highest BCUT2D eigenvalue weighted by Crippen LogP contribution is 2.38. The van der Waals surface area contributed by atoms with Crippen molar-refractivity contribution in [2.45, 2.75) is 32.1 Å². The molecule has 0 radical (unpaired) electrons. The quantitative estimate of drug-likeness (QED) is 0.519. The van der Waals surface area contributed by atoms with Crippen LogP contribution >= 0.6 is 0 Å². The number of hydrogen-bond acceptors (Lipinski definition) is 5. The summed E-state index contributed by atoms with van der Waals surface area (Å²) in [5.74, 6) is -0.778. The normalized spacial score (nSPS) is 15.8. The number of phenols is 1.